The Morgan fingerprint density at radius 3 is 1.53 bits per heavy atom. The van der Waals surface area contributed by atoms with Crippen molar-refractivity contribution in [1.82, 2.24) is 47.0 Å². The highest BCUT2D eigenvalue weighted by Gasteiger charge is 2.67. The van der Waals surface area contributed by atoms with Gasteiger partial charge in [-0.05, 0) is 129 Å². The minimum Gasteiger partial charge on any atom is -0.347 e. The van der Waals surface area contributed by atoms with Gasteiger partial charge in [-0.3, -0.25) is 38.4 Å². The lowest BCUT2D eigenvalue weighted by molar-refractivity contribution is -0.208. The van der Waals surface area contributed by atoms with Crippen LogP contribution in [0, 0.1) is 10.8 Å². The van der Waals surface area contributed by atoms with Crippen molar-refractivity contribution < 1.29 is 55.9 Å². The first kappa shape index (κ1) is 61.7. The van der Waals surface area contributed by atoms with Crippen LogP contribution in [0.4, 0.5) is 23.2 Å². The molecule has 2 aliphatic heterocycles. The number of benzene rings is 3. The summed E-state index contributed by atoms with van der Waals surface area (Å²) in [6.45, 7) is 12.5. The third-order valence-corrected chi connectivity index (χ3v) is 16.2. The van der Waals surface area contributed by atoms with E-state index >= 15 is 17.6 Å². The number of rotatable bonds is 17. The van der Waals surface area contributed by atoms with Gasteiger partial charge in [0.25, 0.3) is 5.91 Å². The summed E-state index contributed by atoms with van der Waals surface area (Å²) in [6, 6.07) is 10.3. The molecule has 440 valence electrons. The summed E-state index contributed by atoms with van der Waals surface area (Å²) in [7, 11) is 3.12. The molecule has 1 fully saturated rings. The summed E-state index contributed by atoms with van der Waals surface area (Å²) in [5.41, 5.74) is 2.41. The quantitative estimate of drug-likeness (QED) is 0.0852. The lowest BCUT2D eigenvalue weighted by Gasteiger charge is -2.42. The molecule has 8 amide bonds. The van der Waals surface area contributed by atoms with E-state index in [1.807, 2.05) is 59.2 Å². The van der Waals surface area contributed by atoms with Gasteiger partial charge in [0.1, 0.15) is 24.2 Å². The summed E-state index contributed by atoms with van der Waals surface area (Å²) >= 11 is 0. The van der Waals surface area contributed by atoms with Crippen molar-refractivity contribution in [2.45, 2.75) is 180 Å². The number of carbonyl (C=O) groups is 8. The van der Waals surface area contributed by atoms with Crippen molar-refractivity contribution in [3.63, 3.8) is 0 Å². The SMILES string of the molecule is CN[C@@H](C)C(=O)NC(C(=O)N1Cc2cc(NC(=O)C(F)(F)C(F)(F)C(=O)NC3CC(C(=O)NC4CCCc5ccccc54)N(C(=O)C(NC(=O)[C@H](C)NC)C(C)(C)C)C3)ccc2CC1C(=O)NC1CCCc2ccccc21)C(C)(C)C. The standard InChI is InChI=1S/C59H78F4N10O8/c1-32(64-9)48(74)70-46(56(3,4)5)52(78)72-30-37-27-38(26-25-36(37)28-44(72)50(76)68-42-23-15-19-34-17-11-13-21-40(34)42)66-54(80)58(60,61)59(62,63)55(81)67-39-29-45(51(77)69-43-24-16-20-35-18-12-14-22-41(35)43)73(31-39)53(79)47(57(6,7)8)71-49(75)33(2)65-10/h11-14,17-18,21-22,25-27,32-33,39,42-47,64-65H,15-16,19-20,23-24,28-31H2,1-10H3,(H,66,80)(H,67,81)(H,68,76)(H,69,77)(H,70,74)(H,71,75)/t32-,33-,39?,42?,43?,44?,45?,46?,47?/m0/s1. The largest absolute Gasteiger partial charge is 0.395 e. The zero-order valence-corrected chi connectivity index (χ0v) is 47.8. The fourth-order valence-corrected chi connectivity index (χ4v) is 11.1. The first-order valence-corrected chi connectivity index (χ1v) is 27.8. The number of amides is 8. The second-order valence-electron chi connectivity index (χ2n) is 24.1. The van der Waals surface area contributed by atoms with Crippen LogP contribution < -0.4 is 42.5 Å². The van der Waals surface area contributed by atoms with Gasteiger partial charge < -0.3 is 52.3 Å². The van der Waals surface area contributed by atoms with Crippen LogP contribution in [0.5, 0.6) is 0 Å². The molecular formula is C59H78F4N10O8. The van der Waals surface area contributed by atoms with Gasteiger partial charge in [-0.15, -0.1) is 0 Å². The van der Waals surface area contributed by atoms with Gasteiger partial charge in [-0.2, -0.15) is 17.6 Å². The second-order valence-corrected chi connectivity index (χ2v) is 24.1. The molecule has 0 saturated carbocycles. The fraction of sp³-hybridized carbons (Fsp3) is 0.559. The molecule has 0 aromatic heterocycles. The molecule has 18 nitrogen and oxygen atoms in total. The van der Waals surface area contributed by atoms with Gasteiger partial charge in [-0.1, -0.05) is 96.1 Å². The van der Waals surface area contributed by atoms with Gasteiger partial charge in [0, 0.05) is 31.2 Å². The Morgan fingerprint density at radius 1 is 0.568 bits per heavy atom. The molecule has 4 aliphatic rings. The van der Waals surface area contributed by atoms with Crippen LogP contribution in [0.15, 0.2) is 66.7 Å². The molecular weight excluding hydrogens is 1050 g/mol. The van der Waals surface area contributed by atoms with E-state index in [4.69, 9.17) is 0 Å². The Balaban J connectivity index is 1.11. The Labute approximate surface area is 470 Å². The maximum absolute atomic E-state index is 16.1. The number of likely N-dealkylation sites (N-methyl/N-ethyl adjacent to an activating group) is 2. The van der Waals surface area contributed by atoms with Gasteiger partial charge in [0.15, 0.2) is 0 Å². The Morgan fingerprint density at radius 2 is 1.04 bits per heavy atom. The normalized spacial score (nSPS) is 21.6. The topological polar surface area (TPSA) is 239 Å². The summed E-state index contributed by atoms with van der Waals surface area (Å²) in [6.07, 6.45) is 3.77. The van der Waals surface area contributed by atoms with E-state index in [2.05, 4.69) is 31.9 Å². The first-order chi connectivity index (χ1) is 38.0. The van der Waals surface area contributed by atoms with Crippen LogP contribution in [0.3, 0.4) is 0 Å². The van der Waals surface area contributed by atoms with E-state index < -0.39 is 137 Å². The Bertz CT molecular complexity index is 2890. The molecule has 8 N–H and O–H groups in total. The van der Waals surface area contributed by atoms with Gasteiger partial charge in [-0.25, -0.2) is 0 Å². The van der Waals surface area contributed by atoms with Crippen molar-refractivity contribution in [3.8, 4) is 0 Å². The molecule has 81 heavy (non-hydrogen) atoms. The number of alkyl halides is 4. The highest BCUT2D eigenvalue weighted by atomic mass is 19.3. The van der Waals surface area contributed by atoms with Crippen molar-refractivity contribution in [3.05, 3.63) is 100 Å². The van der Waals surface area contributed by atoms with E-state index in [1.54, 1.807) is 69.5 Å². The van der Waals surface area contributed by atoms with Crippen molar-refractivity contribution >= 4 is 52.9 Å². The molecule has 2 heterocycles. The van der Waals surface area contributed by atoms with Crippen LogP contribution >= 0.6 is 0 Å². The molecule has 0 spiro atoms. The third-order valence-electron chi connectivity index (χ3n) is 16.2. The summed E-state index contributed by atoms with van der Waals surface area (Å²) in [5.74, 6) is -20.1. The monoisotopic (exact) mass is 1130 g/mol. The highest BCUT2D eigenvalue weighted by molar-refractivity contribution is 6.02. The maximum atomic E-state index is 16.1. The molecule has 22 heteroatoms. The minimum absolute atomic E-state index is 0.0794. The number of hydrogen-bond donors (Lipinski definition) is 8. The number of anilines is 1. The number of halogens is 4. The number of nitrogens with one attached hydrogen (secondary N) is 8. The molecule has 1 saturated heterocycles. The number of carbonyl (C=O) groups excluding carboxylic acids is 8. The molecule has 0 radical (unpaired) electrons. The van der Waals surface area contributed by atoms with E-state index in [-0.39, 0.29) is 24.6 Å². The molecule has 3 aromatic carbocycles. The zero-order valence-electron chi connectivity index (χ0n) is 47.8. The van der Waals surface area contributed by atoms with E-state index in [0.717, 1.165) is 52.8 Å². The Kier molecular flexibility index (Phi) is 18.8. The van der Waals surface area contributed by atoms with E-state index in [9.17, 15) is 38.4 Å². The summed E-state index contributed by atoms with van der Waals surface area (Å²) in [4.78, 5) is 114. The third kappa shape index (κ3) is 13.5. The summed E-state index contributed by atoms with van der Waals surface area (Å²) in [5, 5.41) is 21.0. The number of likely N-dealkylation sites (tertiary alicyclic amines) is 1. The lowest BCUT2D eigenvalue weighted by Crippen LogP contribution is -2.62. The van der Waals surface area contributed by atoms with Gasteiger partial charge in [0.2, 0.25) is 35.4 Å². The van der Waals surface area contributed by atoms with Crippen molar-refractivity contribution in [2.75, 3.05) is 26.0 Å². The number of hydrogen-bond acceptors (Lipinski definition) is 10. The fourth-order valence-electron chi connectivity index (χ4n) is 11.1. The Hall–Kier alpha value is -6.94. The molecule has 2 aliphatic carbocycles. The smallest absolute Gasteiger partial charge is 0.347 e. The van der Waals surface area contributed by atoms with Crippen LogP contribution in [0.2, 0.25) is 0 Å². The lowest BCUT2D eigenvalue weighted by atomic mass is 9.83. The molecule has 7 rings (SSSR count). The highest BCUT2D eigenvalue weighted by Crippen LogP contribution is 2.39. The first-order valence-electron chi connectivity index (χ1n) is 27.8. The van der Waals surface area contributed by atoms with E-state index in [1.165, 1.54) is 23.1 Å². The van der Waals surface area contributed by atoms with Crippen molar-refractivity contribution in [2.24, 2.45) is 10.8 Å². The maximum Gasteiger partial charge on any atom is 0.395 e. The van der Waals surface area contributed by atoms with Crippen LogP contribution in [0.1, 0.15) is 133 Å². The van der Waals surface area contributed by atoms with E-state index in [0.29, 0.717) is 18.4 Å². The molecule has 0 bridgehead atoms. The van der Waals surface area contributed by atoms with Crippen molar-refractivity contribution in [1.29, 1.82) is 0 Å². The van der Waals surface area contributed by atoms with Crippen LogP contribution in [0.25, 0.3) is 0 Å². The number of fused-ring (bicyclic) bond motifs is 3. The summed E-state index contributed by atoms with van der Waals surface area (Å²) < 4.78 is 64.2. The predicted molar refractivity (Wildman–Crippen MR) is 295 cm³/mol. The molecule has 7 unspecified atom stereocenters. The van der Waals surface area contributed by atoms with Gasteiger partial charge >= 0.3 is 17.8 Å². The predicted octanol–water partition coefficient (Wildman–Crippen LogP) is 4.90. The average Bonchev–Trinajstić information content (AvgIpc) is 3.93. The second kappa shape index (κ2) is 24.6. The zero-order chi connectivity index (χ0) is 59.5. The average molecular weight is 1130 g/mol. The van der Waals surface area contributed by atoms with Crippen LogP contribution in [-0.2, 0) is 64.2 Å². The molecule has 9 atom stereocenters. The van der Waals surface area contributed by atoms with Crippen LogP contribution in [-0.4, -0.2) is 132 Å². The van der Waals surface area contributed by atoms with Gasteiger partial charge in [0.05, 0.1) is 24.2 Å². The minimum atomic E-state index is -5.70. The molecule has 3 aromatic rings. The number of aryl methyl sites for hydroxylation is 2. The number of nitrogens with zero attached hydrogens (tertiary/aromatic N) is 2.